The molecule has 5 heteroatoms. The van der Waals surface area contributed by atoms with Gasteiger partial charge in [-0.15, -0.1) is 0 Å². The lowest BCUT2D eigenvalue weighted by molar-refractivity contribution is 0.745. The van der Waals surface area contributed by atoms with Crippen LogP contribution in [0, 0.1) is 0 Å². The molecule has 1 aliphatic carbocycles. The predicted molar refractivity (Wildman–Crippen MR) is 255 cm³/mol. The van der Waals surface area contributed by atoms with Crippen molar-refractivity contribution in [2.45, 2.75) is 12.0 Å². The molecule has 0 bridgehead atoms. The summed E-state index contributed by atoms with van der Waals surface area (Å²) >= 11 is 0. The number of aromatic nitrogens is 4. The van der Waals surface area contributed by atoms with Gasteiger partial charge in [0.2, 0.25) is 0 Å². The summed E-state index contributed by atoms with van der Waals surface area (Å²) in [4.78, 5) is 17.4. The Labute approximate surface area is 360 Å². The van der Waals surface area contributed by atoms with E-state index in [1.807, 2.05) is 60.7 Å². The van der Waals surface area contributed by atoms with Gasteiger partial charge in [-0.3, -0.25) is 0 Å². The largest absolute Gasteiger partial charge is 0.333 e. The highest BCUT2D eigenvalue weighted by Crippen LogP contribution is 2.49. The van der Waals surface area contributed by atoms with E-state index in [1.54, 1.807) is 0 Å². The molecule has 3 heterocycles. The third kappa shape index (κ3) is 6.13. The maximum atomic E-state index is 4.99. The molecule has 62 heavy (non-hydrogen) atoms. The number of para-hydroxylation sites is 1. The monoisotopic (exact) mass is 793 g/mol. The first-order valence-electron chi connectivity index (χ1n) is 21.2. The summed E-state index contributed by atoms with van der Waals surface area (Å²) in [6.07, 6.45) is 9.03. The summed E-state index contributed by atoms with van der Waals surface area (Å²) in [5, 5.41) is 2.48. The summed E-state index contributed by atoms with van der Waals surface area (Å²) in [7, 11) is 0. The molecule has 0 N–H and O–H groups in total. The second-order valence-electron chi connectivity index (χ2n) is 16.0. The molecule has 0 amide bonds. The highest BCUT2D eigenvalue weighted by Gasteiger charge is 2.37. The lowest BCUT2D eigenvalue weighted by Crippen LogP contribution is -2.28. The Kier molecular flexibility index (Phi) is 8.56. The van der Waals surface area contributed by atoms with E-state index in [0.29, 0.717) is 17.5 Å². The molecule has 1 aliphatic heterocycles. The minimum absolute atomic E-state index is 0.162. The number of hydrogen-bond acceptors (Lipinski definition) is 4. The van der Waals surface area contributed by atoms with Crippen molar-refractivity contribution < 1.29 is 0 Å². The number of rotatable bonds is 7. The van der Waals surface area contributed by atoms with Crippen molar-refractivity contribution in [3.05, 3.63) is 230 Å². The summed E-state index contributed by atoms with van der Waals surface area (Å²) in [5.41, 5.74) is 14.8. The topological polar surface area (TPSA) is 46.8 Å². The van der Waals surface area contributed by atoms with E-state index >= 15 is 0 Å². The summed E-state index contributed by atoms with van der Waals surface area (Å²) in [5.74, 6) is 2.21. The first-order valence-corrected chi connectivity index (χ1v) is 21.2. The maximum Gasteiger partial charge on any atom is 0.164 e. The fraction of sp³-hybridized carbons (Fsp3) is 0.0351. The second-order valence-corrected chi connectivity index (χ2v) is 16.0. The van der Waals surface area contributed by atoms with E-state index in [2.05, 4.69) is 173 Å². The van der Waals surface area contributed by atoms with Gasteiger partial charge in [-0.2, -0.15) is 0 Å². The molecule has 2 atom stereocenters. The maximum absolute atomic E-state index is 4.99. The lowest BCUT2D eigenvalue weighted by Gasteiger charge is -2.29. The van der Waals surface area contributed by atoms with E-state index in [4.69, 9.17) is 15.0 Å². The molecular weight excluding hydrogens is 755 g/mol. The predicted octanol–water partition coefficient (Wildman–Crippen LogP) is 14.0. The smallest absolute Gasteiger partial charge is 0.164 e. The fourth-order valence-corrected chi connectivity index (χ4v) is 9.41. The minimum atomic E-state index is 0.162. The zero-order chi connectivity index (χ0) is 41.0. The minimum Gasteiger partial charge on any atom is -0.333 e. The van der Waals surface area contributed by atoms with Crippen LogP contribution in [0.3, 0.4) is 0 Å². The molecule has 12 rings (SSSR count). The highest BCUT2D eigenvalue weighted by atomic mass is 15.2. The van der Waals surface area contributed by atoms with Gasteiger partial charge >= 0.3 is 0 Å². The van der Waals surface area contributed by atoms with Gasteiger partial charge in [0, 0.05) is 50.4 Å². The summed E-state index contributed by atoms with van der Waals surface area (Å²) in [6.45, 7) is 0. The van der Waals surface area contributed by atoms with Crippen molar-refractivity contribution in [1.82, 2.24) is 19.5 Å². The number of fused-ring (bicyclic) bond motifs is 6. The summed E-state index contributed by atoms with van der Waals surface area (Å²) in [6, 6.07) is 71.3. The lowest BCUT2D eigenvalue weighted by atomic mass is 9.90. The first kappa shape index (κ1) is 35.8. The van der Waals surface area contributed by atoms with Crippen LogP contribution in [0.4, 0.5) is 11.4 Å². The number of benzene rings is 8. The van der Waals surface area contributed by atoms with Crippen LogP contribution in [0.25, 0.3) is 83.9 Å². The van der Waals surface area contributed by atoms with Gasteiger partial charge in [0.1, 0.15) is 0 Å². The molecule has 5 nitrogen and oxygen atoms in total. The van der Waals surface area contributed by atoms with Crippen LogP contribution in [0.2, 0.25) is 0 Å². The van der Waals surface area contributed by atoms with Crippen molar-refractivity contribution in [2.24, 2.45) is 0 Å². The molecule has 0 spiro atoms. The molecule has 0 saturated carbocycles. The van der Waals surface area contributed by atoms with Crippen LogP contribution < -0.4 is 4.90 Å². The number of anilines is 2. The average Bonchev–Trinajstić information content (AvgIpc) is 3.87. The van der Waals surface area contributed by atoms with Gasteiger partial charge in [-0.05, 0) is 88.5 Å². The Hall–Kier alpha value is -8.15. The molecule has 2 aromatic heterocycles. The molecular formula is C57H39N5. The van der Waals surface area contributed by atoms with Crippen LogP contribution in [0.5, 0.6) is 0 Å². The van der Waals surface area contributed by atoms with Gasteiger partial charge in [0.05, 0.1) is 17.1 Å². The summed E-state index contributed by atoms with van der Waals surface area (Å²) < 4.78 is 2.40. The van der Waals surface area contributed by atoms with E-state index in [-0.39, 0.29) is 12.0 Å². The van der Waals surface area contributed by atoms with Gasteiger partial charge in [-0.1, -0.05) is 164 Å². The molecule has 8 aromatic carbocycles. The Balaban J connectivity index is 0.928. The Morgan fingerprint density at radius 3 is 1.60 bits per heavy atom. The zero-order valence-electron chi connectivity index (χ0n) is 33.8. The Morgan fingerprint density at radius 1 is 0.355 bits per heavy atom. The quantitative estimate of drug-likeness (QED) is 0.161. The molecule has 2 unspecified atom stereocenters. The van der Waals surface area contributed by atoms with E-state index in [1.165, 1.54) is 55.3 Å². The van der Waals surface area contributed by atoms with Crippen molar-refractivity contribution in [2.75, 3.05) is 4.90 Å². The molecule has 0 fully saturated rings. The SMILES string of the molecule is C1=CC2c3ccc(-c4ccc5c(c4)c4ccccc4n5-c4cccc(-c5ccccc5)c4)cc3N(c3ccc(-c4nc(-c5ccccc5)nc(-c5ccccc5)n4)cc3)C2C=C1. The van der Waals surface area contributed by atoms with Gasteiger partial charge < -0.3 is 9.47 Å². The van der Waals surface area contributed by atoms with E-state index in [9.17, 15) is 0 Å². The average molecular weight is 794 g/mol. The third-order valence-electron chi connectivity index (χ3n) is 12.4. The van der Waals surface area contributed by atoms with Crippen LogP contribution in [-0.4, -0.2) is 25.6 Å². The fourth-order valence-electron chi connectivity index (χ4n) is 9.41. The molecule has 0 saturated heterocycles. The zero-order valence-corrected chi connectivity index (χ0v) is 33.8. The standard InChI is InChI=1S/C57H39N5/c1-4-15-38(16-5-1)42-21-14-22-46(35-42)62-52-26-13-11-24-48(52)50-36-43(30-34-53(50)62)44-29-33-49-47-23-10-12-25-51(47)61(54(49)37-44)45-31-27-41(28-32-45)57-59-55(39-17-6-2-7-18-39)58-56(60-57)40-19-8-3-9-20-40/h1-37,47,51H. The number of allylic oxidation sites excluding steroid dienone is 2. The van der Waals surface area contributed by atoms with Crippen molar-refractivity contribution in [1.29, 1.82) is 0 Å². The molecule has 2 aliphatic rings. The molecule has 0 radical (unpaired) electrons. The highest BCUT2D eigenvalue weighted by molar-refractivity contribution is 6.10. The Bertz CT molecular complexity index is 3290. The second kappa shape index (κ2) is 14.8. The van der Waals surface area contributed by atoms with Crippen molar-refractivity contribution >= 4 is 33.2 Å². The first-order chi connectivity index (χ1) is 30.7. The molecule has 10 aromatic rings. The number of nitrogens with zero attached hydrogens (tertiary/aromatic N) is 5. The van der Waals surface area contributed by atoms with Gasteiger partial charge in [-0.25, -0.2) is 15.0 Å². The van der Waals surface area contributed by atoms with E-state index < -0.39 is 0 Å². The van der Waals surface area contributed by atoms with Gasteiger partial charge in [0.25, 0.3) is 0 Å². The van der Waals surface area contributed by atoms with Crippen LogP contribution >= 0.6 is 0 Å². The van der Waals surface area contributed by atoms with Crippen molar-refractivity contribution in [3.8, 4) is 62.1 Å². The van der Waals surface area contributed by atoms with Gasteiger partial charge in [0.15, 0.2) is 17.5 Å². The van der Waals surface area contributed by atoms with Crippen molar-refractivity contribution in [3.63, 3.8) is 0 Å². The molecule has 292 valence electrons. The van der Waals surface area contributed by atoms with Crippen LogP contribution in [-0.2, 0) is 0 Å². The number of hydrogen-bond donors (Lipinski definition) is 0. The third-order valence-corrected chi connectivity index (χ3v) is 12.4. The normalized spacial score (nSPS) is 15.3. The van der Waals surface area contributed by atoms with Crippen LogP contribution in [0.1, 0.15) is 11.5 Å². The Morgan fingerprint density at radius 2 is 0.887 bits per heavy atom. The van der Waals surface area contributed by atoms with Crippen LogP contribution in [0.15, 0.2) is 224 Å². The van der Waals surface area contributed by atoms with E-state index in [0.717, 1.165) is 28.1 Å².